The van der Waals surface area contributed by atoms with E-state index in [1.807, 2.05) is 0 Å². The van der Waals surface area contributed by atoms with Gasteiger partial charge in [-0.1, -0.05) is 41.2 Å². The molecule has 0 aromatic heterocycles. The standard InChI is InChI=1S/C21H34Cl2N8O3/c22-15-11-14(12-16(23)18(15)34-10-6-5-9-30-21(26)27)13-17(31-33)19(32)28-7-3-1-2-4-8-29-20(24)25/h11-12,33H,1-10,13H2,(H,28,32)(H4,24,25,29)(H4,26,27,30). The Kier molecular flexibility index (Phi) is 14.3. The smallest absolute Gasteiger partial charge is 0.269 e. The van der Waals surface area contributed by atoms with Crippen molar-refractivity contribution >= 4 is 46.7 Å². The summed E-state index contributed by atoms with van der Waals surface area (Å²) in [7, 11) is 0. The number of nitrogens with zero attached hydrogens (tertiary/aromatic N) is 1. The van der Waals surface area contributed by atoms with E-state index in [1.165, 1.54) is 0 Å². The molecule has 0 unspecified atom stereocenters. The Hall–Kier alpha value is -2.92. The number of unbranched alkanes of at least 4 members (excludes halogenated alkanes) is 4. The van der Waals surface area contributed by atoms with Crippen molar-refractivity contribution in [2.75, 3.05) is 26.2 Å². The first-order valence-corrected chi connectivity index (χ1v) is 11.8. The summed E-state index contributed by atoms with van der Waals surface area (Å²) in [6.45, 7) is 2.06. The number of halogens is 2. The highest BCUT2D eigenvalue weighted by molar-refractivity contribution is 6.40. The topological polar surface area (TPSA) is 195 Å². The lowest BCUT2D eigenvalue weighted by atomic mass is 10.1. The van der Waals surface area contributed by atoms with E-state index < -0.39 is 5.91 Å². The molecule has 0 saturated heterocycles. The van der Waals surface area contributed by atoms with Crippen LogP contribution in [-0.4, -0.2) is 55.0 Å². The Morgan fingerprint density at radius 1 is 0.912 bits per heavy atom. The van der Waals surface area contributed by atoms with Crippen LogP contribution in [0.1, 0.15) is 44.1 Å². The lowest BCUT2D eigenvalue weighted by Crippen LogP contribution is -2.33. The lowest BCUT2D eigenvalue weighted by Gasteiger charge is -2.13. The molecule has 0 heterocycles. The molecule has 13 heteroatoms. The molecular weight excluding hydrogens is 483 g/mol. The van der Waals surface area contributed by atoms with Crippen molar-refractivity contribution in [1.82, 2.24) is 16.0 Å². The molecule has 0 aliphatic rings. The molecule has 0 aliphatic carbocycles. The van der Waals surface area contributed by atoms with Crippen molar-refractivity contribution in [2.24, 2.45) is 16.6 Å². The average molecular weight is 517 g/mol. The fourth-order valence-electron chi connectivity index (χ4n) is 2.96. The molecule has 1 aromatic carbocycles. The van der Waals surface area contributed by atoms with Gasteiger partial charge in [0, 0.05) is 26.1 Å². The van der Waals surface area contributed by atoms with Crippen LogP contribution in [-0.2, 0) is 11.2 Å². The zero-order chi connectivity index (χ0) is 25.3. The van der Waals surface area contributed by atoms with Gasteiger partial charge in [0.1, 0.15) is 5.71 Å². The van der Waals surface area contributed by atoms with Gasteiger partial charge in [0.15, 0.2) is 17.7 Å². The maximum absolute atomic E-state index is 12.3. The second-order valence-electron chi connectivity index (χ2n) is 7.52. The van der Waals surface area contributed by atoms with Crippen LogP contribution in [0.2, 0.25) is 10.0 Å². The third kappa shape index (κ3) is 12.4. The number of hydrogen-bond donors (Lipinski definition) is 8. The number of ether oxygens (including phenoxy) is 1. The Morgan fingerprint density at radius 2 is 1.41 bits per heavy atom. The van der Waals surface area contributed by atoms with Gasteiger partial charge in [-0.15, -0.1) is 0 Å². The third-order valence-electron chi connectivity index (χ3n) is 4.65. The van der Waals surface area contributed by atoms with Crippen LogP contribution in [0.4, 0.5) is 0 Å². The molecule has 0 radical (unpaired) electrons. The zero-order valence-electron chi connectivity index (χ0n) is 19.1. The van der Waals surface area contributed by atoms with Crippen molar-refractivity contribution < 1.29 is 14.7 Å². The summed E-state index contributed by atoms with van der Waals surface area (Å²) in [5, 5.41) is 35.4. The summed E-state index contributed by atoms with van der Waals surface area (Å²) in [5.41, 5.74) is 11.0. The molecule has 0 bridgehead atoms. The van der Waals surface area contributed by atoms with E-state index in [0.717, 1.165) is 32.1 Å². The first kappa shape index (κ1) is 29.1. The zero-order valence-corrected chi connectivity index (χ0v) is 20.6. The number of carbonyl (C=O) groups is 1. The minimum atomic E-state index is -0.465. The molecule has 1 amide bonds. The van der Waals surface area contributed by atoms with Gasteiger partial charge < -0.3 is 37.4 Å². The van der Waals surface area contributed by atoms with Gasteiger partial charge >= 0.3 is 0 Å². The molecule has 34 heavy (non-hydrogen) atoms. The predicted octanol–water partition coefficient (Wildman–Crippen LogP) is 2.17. The number of oxime groups is 1. The van der Waals surface area contributed by atoms with E-state index in [0.29, 0.717) is 54.0 Å². The molecule has 190 valence electrons. The molecule has 0 aliphatic heterocycles. The minimum absolute atomic E-state index is 0.0388. The summed E-state index contributed by atoms with van der Waals surface area (Å²) in [4.78, 5) is 12.3. The average Bonchev–Trinajstić information content (AvgIpc) is 2.77. The van der Waals surface area contributed by atoms with Crippen molar-refractivity contribution in [3.05, 3.63) is 27.7 Å². The normalized spacial score (nSPS) is 11.1. The molecule has 10 N–H and O–H groups in total. The second kappa shape index (κ2) is 16.7. The van der Waals surface area contributed by atoms with Gasteiger partial charge in [0.25, 0.3) is 5.91 Å². The van der Waals surface area contributed by atoms with E-state index >= 15 is 0 Å². The Balaban J connectivity index is 2.43. The molecule has 0 fully saturated rings. The number of benzene rings is 1. The fourth-order valence-corrected chi connectivity index (χ4v) is 3.60. The van der Waals surface area contributed by atoms with E-state index in [9.17, 15) is 10.0 Å². The summed E-state index contributed by atoms with van der Waals surface area (Å²) < 4.78 is 5.66. The summed E-state index contributed by atoms with van der Waals surface area (Å²) in [5.74, 6) is -0.232. The van der Waals surface area contributed by atoms with Gasteiger partial charge in [0.2, 0.25) is 0 Å². The van der Waals surface area contributed by atoms with E-state index in [1.54, 1.807) is 12.1 Å². The molecule has 0 saturated carbocycles. The number of rotatable bonds is 16. The molecule has 1 rings (SSSR count). The number of carbonyl (C=O) groups excluding carboxylic acids is 1. The summed E-state index contributed by atoms with van der Waals surface area (Å²) >= 11 is 12.6. The van der Waals surface area contributed by atoms with Crippen molar-refractivity contribution in [3.63, 3.8) is 0 Å². The lowest BCUT2D eigenvalue weighted by molar-refractivity contribution is -0.115. The van der Waals surface area contributed by atoms with Crippen molar-refractivity contribution in [1.29, 1.82) is 10.8 Å². The van der Waals surface area contributed by atoms with E-state index in [4.69, 9.17) is 50.2 Å². The summed E-state index contributed by atoms with van der Waals surface area (Å²) in [6.07, 6.45) is 5.04. The van der Waals surface area contributed by atoms with Gasteiger partial charge in [-0.2, -0.15) is 0 Å². The highest BCUT2D eigenvalue weighted by atomic mass is 35.5. The second-order valence-corrected chi connectivity index (χ2v) is 8.33. The largest absolute Gasteiger partial charge is 0.490 e. The van der Waals surface area contributed by atoms with E-state index in [-0.39, 0.29) is 24.1 Å². The Bertz CT molecular complexity index is 828. The number of amides is 1. The van der Waals surface area contributed by atoms with Crippen molar-refractivity contribution in [3.8, 4) is 5.75 Å². The fraction of sp³-hybridized carbons (Fsp3) is 0.524. The van der Waals surface area contributed by atoms with Crippen molar-refractivity contribution in [2.45, 2.75) is 44.9 Å². The first-order valence-electron chi connectivity index (χ1n) is 11.0. The van der Waals surface area contributed by atoms with Crippen LogP contribution in [0, 0.1) is 10.8 Å². The Morgan fingerprint density at radius 3 is 1.91 bits per heavy atom. The van der Waals surface area contributed by atoms with Gasteiger partial charge in [-0.05, 0) is 43.4 Å². The number of nitrogens with one attached hydrogen (secondary N) is 5. The van der Waals surface area contributed by atoms with Gasteiger partial charge in [-0.3, -0.25) is 15.6 Å². The Labute approximate surface area is 209 Å². The van der Waals surface area contributed by atoms with Crippen LogP contribution in [0.25, 0.3) is 0 Å². The summed E-state index contributed by atoms with van der Waals surface area (Å²) in [6, 6.07) is 3.24. The van der Waals surface area contributed by atoms with Gasteiger partial charge in [0.05, 0.1) is 16.7 Å². The maximum Gasteiger partial charge on any atom is 0.269 e. The first-order chi connectivity index (χ1) is 16.2. The molecule has 1 aromatic rings. The van der Waals surface area contributed by atoms with Crippen LogP contribution in [0.5, 0.6) is 5.75 Å². The SMILES string of the molecule is N=C(N)NCCCCCCNC(=O)C(Cc1cc(Cl)c(OCCCCNC(=N)N)c(Cl)c1)=NO. The van der Waals surface area contributed by atoms with Crippen LogP contribution in [0.15, 0.2) is 17.3 Å². The molecular formula is C21H34Cl2N8O3. The minimum Gasteiger partial charge on any atom is -0.490 e. The highest BCUT2D eigenvalue weighted by Crippen LogP contribution is 2.34. The number of nitrogens with two attached hydrogens (primary N) is 2. The van der Waals surface area contributed by atoms with E-state index in [2.05, 4.69) is 21.1 Å². The molecule has 11 nitrogen and oxygen atoms in total. The van der Waals surface area contributed by atoms with Crippen LogP contribution >= 0.6 is 23.2 Å². The third-order valence-corrected chi connectivity index (χ3v) is 5.21. The quantitative estimate of drug-likeness (QED) is 0.0541. The molecule has 0 spiro atoms. The highest BCUT2D eigenvalue weighted by Gasteiger charge is 2.16. The van der Waals surface area contributed by atoms with Crippen LogP contribution < -0.4 is 32.2 Å². The number of hydrogen-bond acceptors (Lipinski definition) is 6. The monoisotopic (exact) mass is 516 g/mol. The predicted molar refractivity (Wildman–Crippen MR) is 135 cm³/mol. The van der Waals surface area contributed by atoms with Crippen LogP contribution in [0.3, 0.4) is 0 Å². The van der Waals surface area contributed by atoms with Gasteiger partial charge in [-0.25, -0.2) is 0 Å². The number of guanidine groups is 2. The maximum atomic E-state index is 12.3. The molecule has 0 atom stereocenters.